The number of allylic oxidation sites excluding steroid dienone is 1. The minimum Gasteiger partial charge on any atom is -0.486 e. The topological polar surface area (TPSA) is 60.2 Å². The molecule has 6 nitrogen and oxygen atoms in total. The van der Waals surface area contributed by atoms with Gasteiger partial charge in [0.15, 0.2) is 11.0 Å². The lowest BCUT2D eigenvalue weighted by Crippen LogP contribution is -2.48. The van der Waals surface area contributed by atoms with Gasteiger partial charge in [0.1, 0.15) is 12.4 Å². The van der Waals surface area contributed by atoms with Crippen molar-refractivity contribution < 1.29 is 9.53 Å². The number of carbonyl (C=O) groups excluding carboxylic acids is 1. The summed E-state index contributed by atoms with van der Waals surface area (Å²) in [7, 11) is 0. The summed E-state index contributed by atoms with van der Waals surface area (Å²) in [5.41, 5.74) is 1.28. The molecule has 0 aliphatic carbocycles. The highest BCUT2D eigenvalue weighted by Crippen LogP contribution is 2.25. The third-order valence-corrected chi connectivity index (χ3v) is 6.56. The first-order chi connectivity index (χ1) is 14.5. The number of amides is 1. The van der Waals surface area contributed by atoms with Gasteiger partial charge in [-0.3, -0.25) is 9.36 Å². The number of piperidine rings is 1. The van der Waals surface area contributed by atoms with Crippen LogP contribution in [0.5, 0.6) is 5.75 Å². The molecule has 1 fully saturated rings. The zero-order chi connectivity index (χ0) is 21.5. The van der Waals surface area contributed by atoms with E-state index in [1.54, 1.807) is 0 Å². The summed E-state index contributed by atoms with van der Waals surface area (Å²) in [5.74, 6) is 2.06. The minimum absolute atomic E-state index is 0.168. The summed E-state index contributed by atoms with van der Waals surface area (Å²) in [4.78, 5) is 14.9. The van der Waals surface area contributed by atoms with Crippen molar-refractivity contribution >= 4 is 17.7 Å². The molecule has 162 valence electrons. The number of ether oxygens (including phenoxy) is 1. The van der Waals surface area contributed by atoms with Crippen LogP contribution < -0.4 is 4.74 Å². The number of carbonyl (C=O) groups is 1. The van der Waals surface area contributed by atoms with Gasteiger partial charge in [0.05, 0.1) is 5.75 Å². The summed E-state index contributed by atoms with van der Waals surface area (Å²) < 4.78 is 7.87. The van der Waals surface area contributed by atoms with E-state index in [4.69, 9.17) is 4.74 Å². The maximum absolute atomic E-state index is 12.8. The van der Waals surface area contributed by atoms with Crippen molar-refractivity contribution in [1.29, 1.82) is 0 Å². The molecule has 2 atom stereocenters. The highest BCUT2D eigenvalue weighted by atomic mass is 32.2. The fraction of sp³-hybridized carbons (Fsp3) is 0.522. The summed E-state index contributed by atoms with van der Waals surface area (Å²) in [6, 6.07) is 8.69. The van der Waals surface area contributed by atoms with Crippen LogP contribution in [0.1, 0.15) is 51.4 Å². The monoisotopic (exact) mass is 428 g/mol. The van der Waals surface area contributed by atoms with Crippen LogP contribution in [0.4, 0.5) is 0 Å². The van der Waals surface area contributed by atoms with Crippen molar-refractivity contribution in [2.75, 3.05) is 5.75 Å². The van der Waals surface area contributed by atoms with Crippen LogP contribution in [0, 0.1) is 0 Å². The molecule has 2 aromatic rings. The predicted octanol–water partition coefficient (Wildman–Crippen LogP) is 4.49. The van der Waals surface area contributed by atoms with E-state index in [1.807, 2.05) is 27.7 Å². The summed E-state index contributed by atoms with van der Waals surface area (Å²) >= 11 is 1.44. The Balaban J connectivity index is 1.63. The second-order valence-electron chi connectivity index (χ2n) is 7.80. The van der Waals surface area contributed by atoms with Gasteiger partial charge in [0.25, 0.3) is 0 Å². The molecule has 1 aromatic heterocycles. The second-order valence-corrected chi connectivity index (χ2v) is 8.75. The average molecular weight is 429 g/mol. The van der Waals surface area contributed by atoms with Gasteiger partial charge in [-0.15, -0.1) is 16.8 Å². The lowest BCUT2D eigenvalue weighted by atomic mass is 9.98. The van der Waals surface area contributed by atoms with E-state index >= 15 is 0 Å². The molecule has 1 aliphatic rings. The van der Waals surface area contributed by atoms with E-state index < -0.39 is 0 Å². The van der Waals surface area contributed by atoms with Gasteiger partial charge < -0.3 is 9.64 Å². The zero-order valence-electron chi connectivity index (χ0n) is 18.2. The van der Waals surface area contributed by atoms with Crippen molar-refractivity contribution in [3.8, 4) is 5.75 Å². The van der Waals surface area contributed by atoms with E-state index in [0.717, 1.165) is 36.0 Å². The summed E-state index contributed by atoms with van der Waals surface area (Å²) in [5, 5.41) is 9.33. The molecule has 0 radical (unpaired) electrons. The molecule has 0 N–H and O–H groups in total. The Morgan fingerprint density at radius 2 is 1.93 bits per heavy atom. The number of benzene rings is 1. The molecular formula is C23H32N4O2S. The van der Waals surface area contributed by atoms with Gasteiger partial charge in [-0.2, -0.15) is 0 Å². The number of thioether (sulfide) groups is 1. The van der Waals surface area contributed by atoms with E-state index in [9.17, 15) is 4.79 Å². The van der Waals surface area contributed by atoms with E-state index in [2.05, 4.69) is 49.7 Å². The lowest BCUT2D eigenvalue weighted by Gasteiger charge is -2.39. The molecule has 0 spiro atoms. The van der Waals surface area contributed by atoms with Gasteiger partial charge in [-0.25, -0.2) is 0 Å². The normalized spacial score (nSPS) is 19.0. The van der Waals surface area contributed by atoms with Gasteiger partial charge >= 0.3 is 0 Å². The molecular weight excluding hydrogens is 396 g/mol. The molecule has 1 amide bonds. The second kappa shape index (κ2) is 10.7. The number of hydrogen-bond acceptors (Lipinski definition) is 5. The molecule has 0 unspecified atom stereocenters. The zero-order valence-corrected chi connectivity index (χ0v) is 19.0. The van der Waals surface area contributed by atoms with Crippen LogP contribution in [-0.4, -0.2) is 43.4 Å². The quantitative estimate of drug-likeness (QED) is 0.435. The maximum Gasteiger partial charge on any atom is 0.233 e. The molecule has 0 saturated carbocycles. The van der Waals surface area contributed by atoms with E-state index in [1.165, 1.54) is 23.7 Å². The van der Waals surface area contributed by atoms with Gasteiger partial charge in [0.2, 0.25) is 5.91 Å². The summed E-state index contributed by atoms with van der Waals surface area (Å²) in [6.45, 7) is 11.1. The Hall–Kier alpha value is -2.28. The first-order valence-corrected chi connectivity index (χ1v) is 11.7. The van der Waals surface area contributed by atoms with Gasteiger partial charge in [0, 0.05) is 18.6 Å². The Morgan fingerprint density at radius 1 is 1.23 bits per heavy atom. The number of hydrogen-bond donors (Lipinski definition) is 0. The molecule has 30 heavy (non-hydrogen) atoms. The van der Waals surface area contributed by atoms with Gasteiger partial charge in [-0.1, -0.05) is 36.9 Å². The van der Waals surface area contributed by atoms with Crippen molar-refractivity contribution in [2.45, 2.75) is 76.8 Å². The Morgan fingerprint density at radius 3 is 2.57 bits per heavy atom. The minimum atomic E-state index is 0.168. The molecule has 1 aromatic carbocycles. The molecule has 2 heterocycles. The predicted molar refractivity (Wildman–Crippen MR) is 121 cm³/mol. The molecule has 3 rings (SSSR count). The third kappa shape index (κ3) is 5.45. The molecule has 1 saturated heterocycles. The van der Waals surface area contributed by atoms with Crippen LogP contribution in [0.3, 0.4) is 0 Å². The van der Waals surface area contributed by atoms with Crippen LogP contribution in [0.15, 0.2) is 42.1 Å². The lowest BCUT2D eigenvalue weighted by molar-refractivity contribution is -0.134. The standard InChI is InChI=1S/C23H32N4O2S/c1-5-14-26-21(15-29-20-12-10-19(6-2)11-13-20)24-25-23(26)30-16-22(28)27-17(3)8-7-9-18(27)4/h5,10-13,17-18H,1,6-9,14-16H2,2-4H3/t17-,18+. The largest absolute Gasteiger partial charge is 0.486 e. The Labute approximate surface area is 183 Å². The number of rotatable bonds is 9. The maximum atomic E-state index is 12.8. The first kappa shape index (κ1) is 22.4. The van der Waals surface area contributed by atoms with E-state index in [-0.39, 0.29) is 5.91 Å². The number of aromatic nitrogens is 3. The SMILES string of the molecule is C=CCn1c(COc2ccc(CC)cc2)nnc1SCC(=O)N1[C@H](C)CCC[C@@H]1C. The number of likely N-dealkylation sites (tertiary alicyclic amines) is 1. The summed E-state index contributed by atoms with van der Waals surface area (Å²) in [6.07, 6.45) is 6.16. The molecule has 7 heteroatoms. The Kier molecular flexibility index (Phi) is 7.96. The first-order valence-electron chi connectivity index (χ1n) is 10.7. The molecule has 0 bridgehead atoms. The third-order valence-electron chi connectivity index (χ3n) is 5.61. The van der Waals surface area contributed by atoms with Crippen molar-refractivity contribution in [3.63, 3.8) is 0 Å². The highest BCUT2D eigenvalue weighted by Gasteiger charge is 2.29. The van der Waals surface area contributed by atoms with Gasteiger partial charge in [-0.05, 0) is 57.2 Å². The fourth-order valence-corrected chi connectivity index (χ4v) is 4.76. The van der Waals surface area contributed by atoms with Crippen molar-refractivity contribution in [2.24, 2.45) is 0 Å². The van der Waals surface area contributed by atoms with Crippen LogP contribution in [0.25, 0.3) is 0 Å². The van der Waals surface area contributed by atoms with Crippen molar-refractivity contribution in [3.05, 3.63) is 48.3 Å². The number of aryl methyl sites for hydroxylation is 1. The van der Waals surface area contributed by atoms with Crippen LogP contribution >= 0.6 is 11.8 Å². The van der Waals surface area contributed by atoms with E-state index in [0.29, 0.717) is 31.0 Å². The smallest absolute Gasteiger partial charge is 0.233 e. The van der Waals surface area contributed by atoms with Crippen LogP contribution in [0.2, 0.25) is 0 Å². The average Bonchev–Trinajstić information content (AvgIpc) is 3.13. The Bertz CT molecular complexity index is 839. The fourth-order valence-electron chi connectivity index (χ4n) is 3.93. The molecule has 1 aliphatic heterocycles. The van der Waals surface area contributed by atoms with Crippen LogP contribution in [-0.2, 0) is 24.4 Å². The highest BCUT2D eigenvalue weighted by molar-refractivity contribution is 7.99. The van der Waals surface area contributed by atoms with Crippen molar-refractivity contribution in [1.82, 2.24) is 19.7 Å². The number of nitrogens with zero attached hydrogens (tertiary/aromatic N) is 4.